The zero-order valence-corrected chi connectivity index (χ0v) is 5.27. The summed E-state index contributed by atoms with van der Waals surface area (Å²) in [6.07, 6.45) is 0. The summed E-state index contributed by atoms with van der Waals surface area (Å²) in [5.74, 6) is 0. The maximum atomic E-state index is 8.64. The van der Waals surface area contributed by atoms with Gasteiger partial charge in [0.1, 0.15) is 0 Å². The molecule has 0 unspecified atom stereocenters. The van der Waals surface area contributed by atoms with Gasteiger partial charge in [-0.05, 0) is 0 Å². The van der Waals surface area contributed by atoms with Crippen LogP contribution in [0.5, 0.6) is 0 Å². The molecule has 0 aromatic carbocycles. The second-order valence-electron chi connectivity index (χ2n) is 0.105. The third kappa shape index (κ3) is 1000. The molecule has 0 radical (unpaired) electrons. The molecule has 2 nitrogen and oxygen atoms in total. The van der Waals surface area contributed by atoms with Gasteiger partial charge in [-0.25, -0.2) is 0 Å². The molecule has 0 saturated heterocycles. The number of hydrogen-bond acceptors (Lipinski definition) is 1. The minimum absolute atomic E-state index is 1.94. The molecule has 30 valence electrons. The Bertz CT molecular complexity index is 21.6. The first-order valence-corrected chi connectivity index (χ1v) is 3.07. The standard InChI is InChI=1S/C2H4.GeH2O2/c1-2;2-1-3/h1-2H2;1-2H. The molecule has 0 aliphatic heterocycles. The summed E-state index contributed by atoms with van der Waals surface area (Å²) in [5.41, 5.74) is 0. The van der Waals surface area contributed by atoms with E-state index in [9.17, 15) is 0 Å². The molecular formula is C2H6GeO2. The molecule has 5 heavy (non-hydrogen) atoms. The van der Waals surface area contributed by atoms with Crippen LogP contribution in [-0.2, 0) is 3.78 Å². The van der Waals surface area contributed by atoms with Crippen molar-refractivity contribution in [2.45, 2.75) is 0 Å². The van der Waals surface area contributed by atoms with Crippen LogP contribution in [0.4, 0.5) is 0 Å². The minimum atomic E-state index is -1.94. The Morgan fingerprint density at radius 2 is 1.60 bits per heavy atom. The quantitative estimate of drug-likeness (QED) is 0.358. The molecule has 1 N–H and O–H groups in total. The van der Waals surface area contributed by atoms with Crippen LogP contribution in [-0.4, -0.2) is 19.8 Å². The van der Waals surface area contributed by atoms with Gasteiger partial charge in [0.25, 0.3) is 0 Å². The van der Waals surface area contributed by atoms with Crippen molar-refractivity contribution in [3.63, 3.8) is 0 Å². The molecule has 0 fully saturated rings. The second kappa shape index (κ2) is 41.4. The molecule has 0 bridgehead atoms. The van der Waals surface area contributed by atoms with E-state index in [0.29, 0.717) is 0 Å². The Kier molecular flexibility index (Phi) is 73.3. The third-order valence-electron chi connectivity index (χ3n) is 0. The average molecular weight is 135 g/mol. The van der Waals surface area contributed by atoms with E-state index in [-0.39, 0.29) is 0 Å². The fourth-order valence-corrected chi connectivity index (χ4v) is 0. The van der Waals surface area contributed by atoms with Crippen LogP contribution < -0.4 is 0 Å². The van der Waals surface area contributed by atoms with Gasteiger partial charge in [0, 0.05) is 0 Å². The third-order valence-corrected chi connectivity index (χ3v) is 0. The molecule has 0 amide bonds. The number of hydrogen-bond donors (Lipinski definition) is 1. The average Bonchev–Trinajstić information content (AvgIpc) is 1.46. The predicted molar refractivity (Wildman–Crippen MR) is 21.3 cm³/mol. The van der Waals surface area contributed by atoms with Gasteiger partial charge in [0.15, 0.2) is 0 Å². The monoisotopic (exact) mass is 136 g/mol. The molecule has 0 aromatic heterocycles. The second-order valence-corrected chi connectivity index (χ2v) is 0.548. The normalized spacial score (nSPS) is 3.20. The van der Waals surface area contributed by atoms with Crippen molar-refractivity contribution in [2.24, 2.45) is 0 Å². The molecule has 0 aromatic rings. The van der Waals surface area contributed by atoms with E-state index in [2.05, 4.69) is 13.2 Å². The van der Waals surface area contributed by atoms with E-state index >= 15 is 0 Å². The van der Waals surface area contributed by atoms with E-state index < -0.39 is 15.7 Å². The SMILES string of the molecule is C=C.[O]=[GeH][OH]. The van der Waals surface area contributed by atoms with Crippen LogP contribution in [0.15, 0.2) is 13.2 Å². The molecule has 0 aliphatic carbocycles. The van der Waals surface area contributed by atoms with Gasteiger partial charge in [-0.3, -0.25) is 0 Å². The van der Waals surface area contributed by atoms with Crippen LogP contribution in [0.25, 0.3) is 0 Å². The summed E-state index contributed by atoms with van der Waals surface area (Å²) in [5, 5.41) is 0. The Hall–Kier alpha value is -0.117. The van der Waals surface area contributed by atoms with Gasteiger partial charge >= 0.3 is 23.6 Å². The van der Waals surface area contributed by atoms with E-state index in [1.165, 1.54) is 0 Å². The predicted octanol–water partition coefficient (Wildman–Crippen LogP) is -0.522. The van der Waals surface area contributed by atoms with Crippen molar-refractivity contribution in [2.75, 3.05) is 0 Å². The van der Waals surface area contributed by atoms with Gasteiger partial charge in [-0.1, -0.05) is 0 Å². The Morgan fingerprint density at radius 3 is 1.60 bits per heavy atom. The van der Waals surface area contributed by atoms with Crippen molar-refractivity contribution in [1.29, 1.82) is 0 Å². The van der Waals surface area contributed by atoms with Crippen LogP contribution in [0.3, 0.4) is 0 Å². The van der Waals surface area contributed by atoms with Crippen LogP contribution in [0.1, 0.15) is 0 Å². The van der Waals surface area contributed by atoms with Gasteiger partial charge in [0.2, 0.25) is 0 Å². The van der Waals surface area contributed by atoms with Gasteiger partial charge in [-0.15, -0.1) is 13.2 Å². The Balaban J connectivity index is 0. The van der Waals surface area contributed by atoms with Crippen LogP contribution in [0, 0.1) is 0 Å². The molecule has 3 heteroatoms. The molecular weight excluding hydrogens is 129 g/mol. The zero-order chi connectivity index (χ0) is 4.71. The first-order valence-electron chi connectivity index (χ1n) is 0.994. The fourth-order valence-electron chi connectivity index (χ4n) is 0. The summed E-state index contributed by atoms with van der Waals surface area (Å²) in [4.78, 5) is 0. The van der Waals surface area contributed by atoms with Gasteiger partial charge < -0.3 is 0 Å². The topological polar surface area (TPSA) is 37.3 Å². The molecule has 0 spiro atoms. The van der Waals surface area contributed by atoms with Gasteiger partial charge in [0.05, 0.1) is 0 Å². The first kappa shape index (κ1) is 8.86. The summed E-state index contributed by atoms with van der Waals surface area (Å²) in [6, 6.07) is 0. The Morgan fingerprint density at radius 1 is 1.60 bits per heavy atom. The van der Waals surface area contributed by atoms with Crippen molar-refractivity contribution in [1.82, 2.24) is 0 Å². The molecule has 0 aliphatic rings. The molecule has 0 rings (SSSR count). The van der Waals surface area contributed by atoms with Gasteiger partial charge in [-0.2, -0.15) is 0 Å². The van der Waals surface area contributed by atoms with Crippen molar-refractivity contribution in [3.8, 4) is 0 Å². The van der Waals surface area contributed by atoms with Crippen LogP contribution in [0.2, 0.25) is 0 Å². The number of rotatable bonds is 0. The summed E-state index contributed by atoms with van der Waals surface area (Å²) in [7, 11) is 0. The molecule has 0 atom stereocenters. The maximum absolute atomic E-state index is 8.64. The summed E-state index contributed by atoms with van der Waals surface area (Å²) >= 11 is -1.94. The first-order chi connectivity index (χ1) is 2.41. The van der Waals surface area contributed by atoms with E-state index in [1.807, 2.05) is 0 Å². The van der Waals surface area contributed by atoms with Crippen molar-refractivity contribution < 1.29 is 7.91 Å². The van der Waals surface area contributed by atoms with Crippen LogP contribution >= 0.6 is 0 Å². The summed E-state index contributed by atoms with van der Waals surface area (Å²) in [6.45, 7) is 6.00. The Labute approximate surface area is 37.5 Å². The summed E-state index contributed by atoms with van der Waals surface area (Å²) < 4.78 is 15.8. The van der Waals surface area contributed by atoms with E-state index in [0.717, 1.165) is 0 Å². The van der Waals surface area contributed by atoms with E-state index in [1.54, 1.807) is 0 Å². The zero-order valence-electron chi connectivity index (χ0n) is 2.85. The van der Waals surface area contributed by atoms with E-state index in [4.69, 9.17) is 7.91 Å². The van der Waals surface area contributed by atoms with Crippen molar-refractivity contribution >= 4 is 15.7 Å². The van der Waals surface area contributed by atoms with Crippen molar-refractivity contribution in [3.05, 3.63) is 13.2 Å². The fraction of sp³-hybridized carbons (Fsp3) is 0. The molecule has 0 saturated carbocycles. The molecule has 0 heterocycles.